The molecule has 35 heavy (non-hydrogen) atoms. The molecule has 10 nitrogen and oxygen atoms in total. The summed E-state index contributed by atoms with van der Waals surface area (Å²) < 4.78 is 6.90. The van der Waals surface area contributed by atoms with Crippen LogP contribution in [0.2, 0.25) is 0 Å². The van der Waals surface area contributed by atoms with Crippen molar-refractivity contribution in [2.45, 2.75) is 6.42 Å². The van der Waals surface area contributed by atoms with Gasteiger partial charge in [0, 0.05) is 42.0 Å². The van der Waals surface area contributed by atoms with Gasteiger partial charge in [0.2, 0.25) is 5.91 Å². The number of aromatic nitrogens is 2. The molecule has 1 fully saturated rings. The van der Waals surface area contributed by atoms with Crippen LogP contribution in [0.25, 0.3) is 16.7 Å². The van der Waals surface area contributed by atoms with Crippen LogP contribution in [0.4, 0.5) is 11.4 Å². The Hall–Kier alpha value is -4.44. The number of fused-ring (bicyclic) bond motifs is 2. The Labute approximate surface area is 199 Å². The Kier molecular flexibility index (Phi) is 4.89. The predicted molar refractivity (Wildman–Crippen MR) is 129 cm³/mol. The van der Waals surface area contributed by atoms with Gasteiger partial charge in [0.25, 0.3) is 11.8 Å². The summed E-state index contributed by atoms with van der Waals surface area (Å²) in [6.45, 7) is 2.02. The van der Waals surface area contributed by atoms with Crippen molar-refractivity contribution in [3.05, 3.63) is 71.7 Å². The zero-order valence-corrected chi connectivity index (χ0v) is 18.7. The molecule has 0 bridgehead atoms. The Balaban J connectivity index is 1.37. The van der Waals surface area contributed by atoms with Gasteiger partial charge in [0.15, 0.2) is 5.69 Å². The topological polar surface area (TPSA) is 127 Å². The number of hydrogen-bond acceptors (Lipinski definition) is 6. The zero-order chi connectivity index (χ0) is 24.1. The van der Waals surface area contributed by atoms with Gasteiger partial charge < -0.3 is 25.3 Å². The molecule has 2 aromatic carbocycles. The van der Waals surface area contributed by atoms with Crippen LogP contribution in [0.5, 0.6) is 0 Å². The molecule has 4 heterocycles. The Bertz CT molecular complexity index is 1490. The van der Waals surface area contributed by atoms with E-state index in [1.807, 2.05) is 36.4 Å². The van der Waals surface area contributed by atoms with Crippen molar-refractivity contribution in [1.29, 1.82) is 0 Å². The number of hydrogen-bond donors (Lipinski definition) is 2. The lowest BCUT2D eigenvalue weighted by Gasteiger charge is -2.30. The third-order valence-electron chi connectivity index (χ3n) is 6.49. The standard InChI is InChI=1S/C25H22N6O4/c26-24(33)22-19-7-10-30(17-3-1-16(2-4-17)29-11-9-27-14-21(29)32)25(34)23(19)31(28-22)18-5-6-20-15(13-18)8-12-35-20/h1-6,8,12-13,27H,7,9-11,14H2,(H2,26,33). The predicted octanol–water partition coefficient (Wildman–Crippen LogP) is 1.86. The molecule has 10 heteroatoms. The van der Waals surface area contributed by atoms with E-state index in [-0.39, 0.29) is 17.5 Å². The highest BCUT2D eigenvalue weighted by Gasteiger charge is 2.34. The third-order valence-corrected chi connectivity index (χ3v) is 6.49. The maximum atomic E-state index is 13.7. The molecule has 1 saturated heterocycles. The molecule has 3 amide bonds. The number of rotatable bonds is 4. The van der Waals surface area contributed by atoms with Gasteiger partial charge in [-0.05, 0) is 55.0 Å². The molecule has 0 radical (unpaired) electrons. The minimum Gasteiger partial charge on any atom is -0.464 e. The maximum absolute atomic E-state index is 13.7. The monoisotopic (exact) mass is 470 g/mol. The fourth-order valence-electron chi connectivity index (χ4n) is 4.77. The number of carbonyl (C=O) groups is 3. The molecule has 2 aliphatic heterocycles. The van der Waals surface area contributed by atoms with E-state index in [2.05, 4.69) is 10.4 Å². The minimum absolute atomic E-state index is 0.0140. The van der Waals surface area contributed by atoms with E-state index in [1.165, 1.54) is 4.68 Å². The van der Waals surface area contributed by atoms with Crippen LogP contribution in [0.1, 0.15) is 26.5 Å². The average Bonchev–Trinajstić information content (AvgIpc) is 3.50. The number of furan rings is 1. The van der Waals surface area contributed by atoms with Gasteiger partial charge in [-0.25, -0.2) is 4.68 Å². The molecule has 6 rings (SSSR count). The van der Waals surface area contributed by atoms with Crippen LogP contribution in [0.15, 0.2) is 59.2 Å². The summed E-state index contributed by atoms with van der Waals surface area (Å²) in [5, 5.41) is 8.34. The van der Waals surface area contributed by atoms with Gasteiger partial charge >= 0.3 is 0 Å². The molecule has 176 valence electrons. The first-order valence-corrected chi connectivity index (χ1v) is 11.3. The Morgan fingerprint density at radius 2 is 1.71 bits per heavy atom. The van der Waals surface area contributed by atoms with E-state index >= 15 is 0 Å². The summed E-state index contributed by atoms with van der Waals surface area (Å²) in [4.78, 5) is 41.5. The molecule has 0 unspecified atom stereocenters. The van der Waals surface area contributed by atoms with Crippen molar-refractivity contribution in [2.24, 2.45) is 5.73 Å². The summed E-state index contributed by atoms with van der Waals surface area (Å²) >= 11 is 0. The van der Waals surface area contributed by atoms with E-state index in [4.69, 9.17) is 10.2 Å². The van der Waals surface area contributed by atoms with Crippen molar-refractivity contribution in [2.75, 3.05) is 36.0 Å². The second kappa shape index (κ2) is 8.10. The largest absolute Gasteiger partial charge is 0.464 e. The van der Waals surface area contributed by atoms with Crippen LogP contribution in [-0.4, -0.2) is 53.7 Å². The van der Waals surface area contributed by atoms with Crippen molar-refractivity contribution >= 4 is 40.1 Å². The van der Waals surface area contributed by atoms with Crippen LogP contribution < -0.4 is 20.9 Å². The first-order valence-electron chi connectivity index (χ1n) is 11.3. The summed E-state index contributed by atoms with van der Waals surface area (Å²) in [5.41, 5.74) is 9.40. The van der Waals surface area contributed by atoms with E-state index in [9.17, 15) is 14.4 Å². The average molecular weight is 470 g/mol. The molecule has 4 aromatic rings. The highest BCUT2D eigenvalue weighted by Crippen LogP contribution is 2.31. The second-order valence-electron chi connectivity index (χ2n) is 8.54. The van der Waals surface area contributed by atoms with Crippen LogP contribution in [-0.2, 0) is 11.2 Å². The fraction of sp³-hybridized carbons (Fsp3) is 0.200. The zero-order valence-electron chi connectivity index (χ0n) is 18.7. The van der Waals surface area contributed by atoms with Crippen LogP contribution in [0, 0.1) is 0 Å². The molecule has 0 spiro atoms. The van der Waals surface area contributed by atoms with Crippen molar-refractivity contribution in [3.8, 4) is 5.69 Å². The SMILES string of the molecule is NC(=O)c1nn(-c2ccc3occc3c2)c2c1CCN(c1ccc(N3CCNCC3=O)cc1)C2=O. The molecular weight excluding hydrogens is 448 g/mol. The normalized spacial score (nSPS) is 16.1. The highest BCUT2D eigenvalue weighted by atomic mass is 16.3. The van der Waals surface area contributed by atoms with E-state index < -0.39 is 5.91 Å². The van der Waals surface area contributed by atoms with Gasteiger partial charge in [-0.1, -0.05) is 0 Å². The highest BCUT2D eigenvalue weighted by molar-refractivity contribution is 6.09. The fourth-order valence-corrected chi connectivity index (χ4v) is 4.77. The molecule has 3 N–H and O–H groups in total. The van der Waals surface area contributed by atoms with Crippen LogP contribution in [0.3, 0.4) is 0 Å². The lowest BCUT2D eigenvalue weighted by molar-refractivity contribution is -0.118. The van der Waals surface area contributed by atoms with Crippen molar-refractivity contribution in [1.82, 2.24) is 15.1 Å². The van der Waals surface area contributed by atoms with Crippen LogP contribution >= 0.6 is 0 Å². The quantitative estimate of drug-likeness (QED) is 0.469. The molecule has 2 aromatic heterocycles. The number of piperazine rings is 1. The number of anilines is 2. The van der Waals surface area contributed by atoms with E-state index in [0.29, 0.717) is 54.3 Å². The van der Waals surface area contributed by atoms with E-state index in [0.717, 1.165) is 17.6 Å². The lowest BCUT2D eigenvalue weighted by atomic mass is 10.0. The molecular formula is C25H22N6O4. The second-order valence-corrected chi connectivity index (χ2v) is 8.54. The summed E-state index contributed by atoms with van der Waals surface area (Å²) in [6, 6.07) is 14.6. The van der Waals surface area contributed by atoms with Gasteiger partial charge in [0.05, 0.1) is 18.5 Å². The lowest BCUT2D eigenvalue weighted by Crippen LogP contribution is -2.48. The van der Waals surface area contributed by atoms with Gasteiger partial charge in [-0.15, -0.1) is 0 Å². The minimum atomic E-state index is -0.671. The number of amides is 3. The van der Waals surface area contributed by atoms with Gasteiger partial charge in [-0.2, -0.15) is 5.10 Å². The summed E-state index contributed by atoms with van der Waals surface area (Å²) in [5.74, 6) is -0.930. The summed E-state index contributed by atoms with van der Waals surface area (Å²) in [6.07, 6.45) is 2.03. The Morgan fingerprint density at radius 1 is 0.971 bits per heavy atom. The first-order chi connectivity index (χ1) is 17.0. The first kappa shape index (κ1) is 21.1. The van der Waals surface area contributed by atoms with Crippen molar-refractivity contribution < 1.29 is 18.8 Å². The number of primary amides is 1. The molecule has 0 saturated carbocycles. The summed E-state index contributed by atoms with van der Waals surface area (Å²) in [7, 11) is 0. The third kappa shape index (κ3) is 3.46. The van der Waals surface area contributed by atoms with E-state index in [1.54, 1.807) is 28.2 Å². The molecule has 0 atom stereocenters. The maximum Gasteiger partial charge on any atom is 0.277 e. The van der Waals surface area contributed by atoms with Gasteiger partial charge in [0.1, 0.15) is 11.3 Å². The van der Waals surface area contributed by atoms with Crippen molar-refractivity contribution in [3.63, 3.8) is 0 Å². The molecule has 0 aliphatic carbocycles. The smallest absolute Gasteiger partial charge is 0.277 e. The Morgan fingerprint density at radius 3 is 2.46 bits per heavy atom. The number of nitrogens with zero attached hydrogens (tertiary/aromatic N) is 4. The number of nitrogens with one attached hydrogen (secondary N) is 1. The number of benzene rings is 2. The number of carbonyl (C=O) groups excluding carboxylic acids is 3. The number of nitrogens with two attached hydrogens (primary N) is 1. The van der Waals surface area contributed by atoms with Gasteiger partial charge in [-0.3, -0.25) is 14.4 Å². The molecule has 2 aliphatic rings.